The maximum atomic E-state index is 3.76. The molecule has 0 fully saturated rings. The van der Waals surface area contributed by atoms with Crippen LogP contribution >= 0.6 is 0 Å². The minimum atomic E-state index is 0.586. The summed E-state index contributed by atoms with van der Waals surface area (Å²) in [6.45, 7) is 11.7. The van der Waals surface area contributed by atoms with Gasteiger partial charge >= 0.3 is 0 Å². The van der Waals surface area contributed by atoms with Crippen LogP contribution in [0.1, 0.15) is 52.9 Å². The van der Waals surface area contributed by atoms with Crippen LogP contribution in [0.25, 0.3) is 0 Å². The van der Waals surface area contributed by atoms with Crippen LogP contribution in [0.15, 0.2) is 12.7 Å². The van der Waals surface area contributed by atoms with Crippen LogP contribution in [-0.2, 0) is 0 Å². The van der Waals surface area contributed by atoms with Gasteiger partial charge in [0.05, 0.1) is 0 Å². The van der Waals surface area contributed by atoms with Gasteiger partial charge in [0.25, 0.3) is 0 Å². The van der Waals surface area contributed by atoms with Crippen molar-refractivity contribution >= 4 is 0 Å². The summed E-state index contributed by atoms with van der Waals surface area (Å²) in [5, 5.41) is 3.57. The van der Waals surface area contributed by atoms with E-state index in [1.165, 1.54) is 32.2 Å². The molecular weight excluding hydrogens is 170 g/mol. The van der Waals surface area contributed by atoms with Gasteiger partial charge in [0.1, 0.15) is 0 Å². The van der Waals surface area contributed by atoms with Gasteiger partial charge in [-0.1, -0.05) is 39.2 Å². The average Bonchev–Trinajstić information content (AvgIpc) is 2.19. The highest BCUT2D eigenvalue weighted by molar-refractivity contribution is 4.75. The summed E-state index contributed by atoms with van der Waals surface area (Å²) < 4.78 is 0. The lowest BCUT2D eigenvalue weighted by Crippen LogP contribution is -2.30. The van der Waals surface area contributed by atoms with Crippen molar-refractivity contribution in [3.8, 4) is 0 Å². The summed E-state index contributed by atoms with van der Waals surface area (Å²) in [6.07, 6.45) is 8.43. The fraction of sp³-hybridized carbons (Fsp3) is 0.846. The molecule has 84 valence electrons. The Bertz CT molecular complexity index is 131. The molecule has 0 aliphatic carbocycles. The van der Waals surface area contributed by atoms with Crippen LogP contribution < -0.4 is 5.32 Å². The van der Waals surface area contributed by atoms with Crippen molar-refractivity contribution in [2.24, 2.45) is 5.92 Å². The molecule has 14 heavy (non-hydrogen) atoms. The van der Waals surface area contributed by atoms with Gasteiger partial charge in [-0.3, -0.25) is 0 Å². The zero-order valence-corrected chi connectivity index (χ0v) is 10.2. The molecule has 0 aromatic carbocycles. The van der Waals surface area contributed by atoms with Gasteiger partial charge < -0.3 is 5.32 Å². The second kappa shape index (κ2) is 9.26. The van der Waals surface area contributed by atoms with E-state index in [1.807, 2.05) is 6.08 Å². The quantitative estimate of drug-likeness (QED) is 0.555. The van der Waals surface area contributed by atoms with Crippen LogP contribution in [0, 0.1) is 5.92 Å². The summed E-state index contributed by atoms with van der Waals surface area (Å²) >= 11 is 0. The van der Waals surface area contributed by atoms with Crippen molar-refractivity contribution in [2.45, 2.75) is 58.9 Å². The fourth-order valence-electron chi connectivity index (χ4n) is 1.64. The maximum Gasteiger partial charge on any atom is 0.00732 e. The third-order valence-corrected chi connectivity index (χ3v) is 2.82. The van der Waals surface area contributed by atoms with E-state index in [4.69, 9.17) is 0 Å². The van der Waals surface area contributed by atoms with E-state index in [2.05, 4.69) is 32.7 Å². The molecule has 0 aromatic rings. The first-order valence-electron chi connectivity index (χ1n) is 6.08. The Morgan fingerprint density at radius 2 is 2.07 bits per heavy atom. The molecule has 1 heteroatoms. The van der Waals surface area contributed by atoms with E-state index in [0.29, 0.717) is 6.04 Å². The Morgan fingerprint density at radius 1 is 1.36 bits per heavy atom. The smallest absolute Gasteiger partial charge is 0.00732 e. The summed E-state index contributed by atoms with van der Waals surface area (Å²) in [5.41, 5.74) is 0. The molecule has 1 nitrogen and oxygen atoms in total. The first-order chi connectivity index (χ1) is 6.74. The van der Waals surface area contributed by atoms with Crippen molar-refractivity contribution in [1.82, 2.24) is 5.32 Å². The van der Waals surface area contributed by atoms with E-state index < -0.39 is 0 Å². The largest absolute Gasteiger partial charge is 0.314 e. The van der Waals surface area contributed by atoms with Crippen molar-refractivity contribution in [2.75, 3.05) is 6.54 Å². The number of nitrogens with one attached hydrogen (secondary N) is 1. The second-order valence-corrected chi connectivity index (χ2v) is 4.25. The minimum absolute atomic E-state index is 0.586. The lowest BCUT2D eigenvalue weighted by molar-refractivity contribution is 0.396. The molecule has 0 saturated carbocycles. The molecule has 0 saturated heterocycles. The summed E-state index contributed by atoms with van der Waals surface area (Å²) in [4.78, 5) is 0. The SMILES string of the molecule is C=CCC(C)NCC(CC)CCCC. The molecule has 0 rings (SSSR count). The highest BCUT2D eigenvalue weighted by Gasteiger charge is 2.06. The summed E-state index contributed by atoms with van der Waals surface area (Å²) in [5.74, 6) is 0.863. The van der Waals surface area contributed by atoms with Crippen LogP contribution in [0.3, 0.4) is 0 Å². The Morgan fingerprint density at radius 3 is 2.57 bits per heavy atom. The third-order valence-electron chi connectivity index (χ3n) is 2.82. The van der Waals surface area contributed by atoms with Gasteiger partial charge in [0, 0.05) is 6.04 Å². The predicted octanol–water partition coefficient (Wildman–Crippen LogP) is 3.76. The molecule has 0 aliphatic rings. The molecule has 1 N–H and O–H groups in total. The van der Waals surface area contributed by atoms with Crippen LogP contribution in [-0.4, -0.2) is 12.6 Å². The van der Waals surface area contributed by atoms with Crippen LogP contribution in [0.4, 0.5) is 0 Å². The first kappa shape index (κ1) is 13.7. The van der Waals surface area contributed by atoms with Gasteiger partial charge in [0.2, 0.25) is 0 Å². The van der Waals surface area contributed by atoms with E-state index in [9.17, 15) is 0 Å². The van der Waals surface area contributed by atoms with Crippen molar-refractivity contribution in [1.29, 1.82) is 0 Å². The number of hydrogen-bond acceptors (Lipinski definition) is 1. The zero-order chi connectivity index (χ0) is 10.8. The highest BCUT2D eigenvalue weighted by atomic mass is 14.9. The lowest BCUT2D eigenvalue weighted by atomic mass is 9.99. The Balaban J connectivity index is 3.54. The molecule has 0 spiro atoms. The van der Waals surface area contributed by atoms with Crippen LogP contribution in [0.5, 0.6) is 0 Å². The molecule has 0 radical (unpaired) electrons. The Hall–Kier alpha value is -0.300. The Labute approximate surface area is 90.0 Å². The summed E-state index contributed by atoms with van der Waals surface area (Å²) in [6, 6.07) is 0.586. The van der Waals surface area contributed by atoms with Crippen LogP contribution in [0.2, 0.25) is 0 Å². The normalized spacial score (nSPS) is 15.1. The van der Waals surface area contributed by atoms with Crippen molar-refractivity contribution in [3.63, 3.8) is 0 Å². The Kier molecular flexibility index (Phi) is 9.06. The molecule has 2 unspecified atom stereocenters. The summed E-state index contributed by atoms with van der Waals surface area (Å²) in [7, 11) is 0. The van der Waals surface area contributed by atoms with E-state index in [1.54, 1.807) is 0 Å². The highest BCUT2D eigenvalue weighted by Crippen LogP contribution is 2.11. The standard InChI is InChI=1S/C13H27N/c1-5-8-10-13(7-3)11-14-12(4)9-6-2/h6,12-14H,2,5,7-11H2,1,3-4H3. The molecular formula is C13H27N. The van der Waals surface area contributed by atoms with E-state index in [-0.39, 0.29) is 0 Å². The van der Waals surface area contributed by atoms with E-state index in [0.717, 1.165) is 12.3 Å². The molecule has 2 atom stereocenters. The number of hydrogen-bond donors (Lipinski definition) is 1. The molecule has 0 heterocycles. The maximum absolute atomic E-state index is 3.76. The monoisotopic (exact) mass is 197 g/mol. The first-order valence-corrected chi connectivity index (χ1v) is 6.08. The fourth-order valence-corrected chi connectivity index (χ4v) is 1.64. The third kappa shape index (κ3) is 7.14. The average molecular weight is 197 g/mol. The minimum Gasteiger partial charge on any atom is -0.314 e. The predicted molar refractivity (Wildman–Crippen MR) is 65.6 cm³/mol. The van der Waals surface area contributed by atoms with Gasteiger partial charge in [0.15, 0.2) is 0 Å². The number of rotatable bonds is 9. The second-order valence-electron chi connectivity index (χ2n) is 4.25. The molecule has 0 bridgehead atoms. The lowest BCUT2D eigenvalue weighted by Gasteiger charge is -2.18. The topological polar surface area (TPSA) is 12.0 Å². The van der Waals surface area contributed by atoms with Gasteiger partial charge in [-0.05, 0) is 32.2 Å². The van der Waals surface area contributed by atoms with E-state index >= 15 is 0 Å². The molecule has 0 aromatic heterocycles. The molecule has 0 aliphatic heterocycles. The number of unbranched alkanes of at least 4 members (excludes halogenated alkanes) is 1. The van der Waals surface area contributed by atoms with Crippen molar-refractivity contribution < 1.29 is 0 Å². The van der Waals surface area contributed by atoms with Gasteiger partial charge in [-0.2, -0.15) is 0 Å². The molecule has 0 amide bonds. The zero-order valence-electron chi connectivity index (χ0n) is 10.2. The van der Waals surface area contributed by atoms with Crippen molar-refractivity contribution in [3.05, 3.63) is 12.7 Å². The van der Waals surface area contributed by atoms with Gasteiger partial charge in [-0.15, -0.1) is 6.58 Å². The van der Waals surface area contributed by atoms with Gasteiger partial charge in [-0.25, -0.2) is 0 Å².